The lowest BCUT2D eigenvalue weighted by Gasteiger charge is -2.20. The van der Waals surface area contributed by atoms with E-state index in [2.05, 4.69) is 26.0 Å². The first-order valence-electron chi connectivity index (χ1n) is 11.3. The number of ether oxygens (including phenoxy) is 1. The summed E-state index contributed by atoms with van der Waals surface area (Å²) >= 11 is 0. The highest BCUT2D eigenvalue weighted by Gasteiger charge is 2.18. The molecule has 0 radical (unpaired) electrons. The molecule has 3 nitrogen and oxygen atoms in total. The maximum Gasteiger partial charge on any atom is 0.308 e. The second-order valence-corrected chi connectivity index (χ2v) is 9.10. The third-order valence-corrected chi connectivity index (χ3v) is 4.74. The van der Waals surface area contributed by atoms with Gasteiger partial charge >= 0.3 is 5.97 Å². The summed E-state index contributed by atoms with van der Waals surface area (Å²) in [6.45, 7) is 10.2. The molecule has 2 atom stereocenters. The molecule has 0 rings (SSSR count). The predicted molar refractivity (Wildman–Crippen MR) is 116 cm³/mol. The van der Waals surface area contributed by atoms with E-state index in [0.29, 0.717) is 6.42 Å². The number of rotatable bonds is 16. The van der Waals surface area contributed by atoms with E-state index in [9.17, 15) is 9.90 Å². The molecule has 0 aliphatic carbocycles. The first-order chi connectivity index (χ1) is 12.7. The van der Waals surface area contributed by atoms with Crippen LogP contribution >= 0.6 is 0 Å². The minimum atomic E-state index is -0.568. The molecule has 0 heterocycles. The number of carbonyl (C=O) groups is 1. The smallest absolute Gasteiger partial charge is 0.308 e. The van der Waals surface area contributed by atoms with Crippen molar-refractivity contribution in [1.82, 2.24) is 0 Å². The van der Waals surface area contributed by atoms with Gasteiger partial charge in [0.2, 0.25) is 0 Å². The molecule has 0 bridgehead atoms. The van der Waals surface area contributed by atoms with Crippen LogP contribution < -0.4 is 0 Å². The third-order valence-electron chi connectivity index (χ3n) is 4.74. The Morgan fingerprint density at radius 1 is 0.963 bits per heavy atom. The molecule has 160 valence electrons. The molecule has 0 saturated carbocycles. The van der Waals surface area contributed by atoms with E-state index in [0.717, 1.165) is 18.8 Å². The Morgan fingerprint density at radius 2 is 1.59 bits per heavy atom. The standard InChI is InChI=1S/C24H46O3/c1-6-7-14-17-21(2)18-15-12-10-8-9-11-13-16-19-22(25)20-23(26)27-24(3,4)5/h12,15,21-22,25H,6-11,13-14,16-20H2,1-5H3/b15-12-. The lowest BCUT2D eigenvalue weighted by atomic mass is 9.99. The van der Waals surface area contributed by atoms with Crippen LogP contribution in [0.1, 0.15) is 118 Å². The van der Waals surface area contributed by atoms with Crippen molar-refractivity contribution in [3.8, 4) is 0 Å². The van der Waals surface area contributed by atoms with Crippen LogP contribution in [-0.4, -0.2) is 22.8 Å². The monoisotopic (exact) mass is 382 g/mol. The summed E-state index contributed by atoms with van der Waals surface area (Å²) in [5, 5.41) is 9.92. The summed E-state index contributed by atoms with van der Waals surface area (Å²) in [6, 6.07) is 0. The number of hydrogen-bond acceptors (Lipinski definition) is 3. The topological polar surface area (TPSA) is 46.5 Å². The number of carbonyl (C=O) groups excluding carboxylic acids is 1. The molecule has 3 heteroatoms. The molecule has 0 amide bonds. The van der Waals surface area contributed by atoms with E-state index in [4.69, 9.17) is 4.74 Å². The molecule has 0 aromatic carbocycles. The second-order valence-electron chi connectivity index (χ2n) is 9.10. The fourth-order valence-electron chi connectivity index (χ4n) is 3.16. The van der Waals surface area contributed by atoms with Gasteiger partial charge in [-0.1, -0.05) is 77.4 Å². The van der Waals surface area contributed by atoms with Gasteiger partial charge in [-0.05, 0) is 52.4 Å². The number of allylic oxidation sites excluding steroid dienone is 2. The van der Waals surface area contributed by atoms with Crippen molar-refractivity contribution in [3.05, 3.63) is 12.2 Å². The minimum absolute atomic E-state index is 0.110. The van der Waals surface area contributed by atoms with Crippen molar-refractivity contribution in [2.24, 2.45) is 5.92 Å². The largest absolute Gasteiger partial charge is 0.460 e. The van der Waals surface area contributed by atoms with Crippen LogP contribution in [0.2, 0.25) is 0 Å². The van der Waals surface area contributed by atoms with Crippen molar-refractivity contribution in [2.45, 2.75) is 130 Å². The summed E-state index contributed by atoms with van der Waals surface area (Å²) in [5.41, 5.74) is -0.474. The van der Waals surface area contributed by atoms with Gasteiger partial charge in [0.05, 0.1) is 12.5 Å². The van der Waals surface area contributed by atoms with E-state index >= 15 is 0 Å². The quantitative estimate of drug-likeness (QED) is 0.178. The lowest BCUT2D eigenvalue weighted by Crippen LogP contribution is -2.26. The number of aliphatic hydroxyl groups excluding tert-OH is 1. The second kappa shape index (κ2) is 16.2. The highest BCUT2D eigenvalue weighted by molar-refractivity contribution is 5.70. The van der Waals surface area contributed by atoms with Crippen LogP contribution in [0.25, 0.3) is 0 Å². The van der Waals surface area contributed by atoms with Crippen LogP contribution in [0, 0.1) is 5.92 Å². The zero-order chi connectivity index (χ0) is 20.5. The van der Waals surface area contributed by atoms with Crippen molar-refractivity contribution in [2.75, 3.05) is 0 Å². The Bertz CT molecular complexity index is 382. The van der Waals surface area contributed by atoms with Gasteiger partial charge < -0.3 is 9.84 Å². The zero-order valence-electron chi connectivity index (χ0n) is 18.8. The molecule has 0 spiro atoms. The van der Waals surface area contributed by atoms with E-state index in [1.807, 2.05) is 20.8 Å². The SMILES string of the molecule is CCCCCC(C)C/C=C\CCCCCCCC(O)CC(=O)OC(C)(C)C. The van der Waals surface area contributed by atoms with Crippen molar-refractivity contribution >= 4 is 5.97 Å². The first kappa shape index (κ1) is 26.2. The molecular formula is C24H46O3. The van der Waals surface area contributed by atoms with Gasteiger partial charge in [0.1, 0.15) is 5.60 Å². The fraction of sp³-hybridized carbons (Fsp3) is 0.875. The van der Waals surface area contributed by atoms with Crippen LogP contribution in [0.5, 0.6) is 0 Å². The molecule has 0 aliphatic heterocycles. The highest BCUT2D eigenvalue weighted by Crippen LogP contribution is 2.15. The van der Waals surface area contributed by atoms with Gasteiger partial charge in [0.15, 0.2) is 0 Å². The minimum Gasteiger partial charge on any atom is -0.460 e. The first-order valence-corrected chi connectivity index (χ1v) is 11.3. The maximum absolute atomic E-state index is 11.6. The van der Waals surface area contributed by atoms with Crippen LogP contribution in [-0.2, 0) is 9.53 Å². The van der Waals surface area contributed by atoms with Gasteiger partial charge in [-0.25, -0.2) is 0 Å². The Kier molecular flexibility index (Phi) is 15.7. The zero-order valence-corrected chi connectivity index (χ0v) is 18.8. The van der Waals surface area contributed by atoms with Crippen molar-refractivity contribution < 1.29 is 14.6 Å². The van der Waals surface area contributed by atoms with Crippen LogP contribution in [0.3, 0.4) is 0 Å². The molecule has 2 unspecified atom stereocenters. The summed E-state index contributed by atoms with van der Waals surface area (Å²) in [6.07, 6.45) is 18.6. The maximum atomic E-state index is 11.6. The summed E-state index contributed by atoms with van der Waals surface area (Å²) < 4.78 is 5.23. The number of unbranched alkanes of at least 4 members (excludes halogenated alkanes) is 7. The van der Waals surface area contributed by atoms with Crippen LogP contribution in [0.4, 0.5) is 0 Å². The van der Waals surface area contributed by atoms with Crippen molar-refractivity contribution in [1.29, 1.82) is 0 Å². The number of hydrogen-bond donors (Lipinski definition) is 1. The van der Waals surface area contributed by atoms with E-state index in [1.54, 1.807) is 0 Å². The molecule has 0 aliphatic rings. The average molecular weight is 383 g/mol. The normalized spacial score (nSPS) is 14.4. The summed E-state index contributed by atoms with van der Waals surface area (Å²) in [7, 11) is 0. The summed E-state index contributed by atoms with van der Waals surface area (Å²) in [4.78, 5) is 11.6. The highest BCUT2D eigenvalue weighted by atomic mass is 16.6. The Labute approximate surface area is 169 Å². The third kappa shape index (κ3) is 19.7. The molecule has 0 aromatic heterocycles. The Balaban J connectivity index is 3.48. The fourth-order valence-corrected chi connectivity index (χ4v) is 3.16. The molecule has 27 heavy (non-hydrogen) atoms. The molecule has 1 N–H and O–H groups in total. The summed E-state index contributed by atoms with van der Waals surface area (Å²) in [5.74, 6) is 0.515. The van der Waals surface area contributed by atoms with Gasteiger partial charge in [0.25, 0.3) is 0 Å². The predicted octanol–water partition coefficient (Wildman–Crippen LogP) is 6.97. The van der Waals surface area contributed by atoms with Crippen LogP contribution in [0.15, 0.2) is 12.2 Å². The van der Waals surface area contributed by atoms with E-state index in [-0.39, 0.29) is 12.4 Å². The van der Waals surface area contributed by atoms with Gasteiger partial charge in [-0.15, -0.1) is 0 Å². The molecular weight excluding hydrogens is 336 g/mol. The Morgan fingerprint density at radius 3 is 2.26 bits per heavy atom. The van der Waals surface area contributed by atoms with Crippen molar-refractivity contribution in [3.63, 3.8) is 0 Å². The number of aliphatic hydroxyl groups is 1. The van der Waals surface area contributed by atoms with Gasteiger partial charge in [-0.2, -0.15) is 0 Å². The van der Waals surface area contributed by atoms with Gasteiger partial charge in [-0.3, -0.25) is 4.79 Å². The van der Waals surface area contributed by atoms with E-state index < -0.39 is 11.7 Å². The number of esters is 1. The molecule has 0 fully saturated rings. The molecule has 0 aromatic rings. The lowest BCUT2D eigenvalue weighted by molar-refractivity contribution is -0.157. The average Bonchev–Trinajstić information content (AvgIpc) is 2.54. The van der Waals surface area contributed by atoms with Gasteiger partial charge in [0, 0.05) is 0 Å². The van der Waals surface area contributed by atoms with E-state index in [1.165, 1.54) is 57.8 Å². The Hall–Kier alpha value is -0.830. The molecule has 0 saturated heterocycles.